The molecule has 49 heavy (non-hydrogen) atoms. The molecule has 12 nitrogen and oxygen atoms in total. The van der Waals surface area contributed by atoms with Crippen LogP contribution in [0, 0.1) is 6.92 Å². The number of fused-ring (bicyclic) bond motifs is 2. The molecule has 2 aromatic carbocycles. The van der Waals surface area contributed by atoms with E-state index in [1.165, 1.54) is 0 Å². The molecule has 0 bridgehead atoms. The lowest BCUT2D eigenvalue weighted by Gasteiger charge is -2.41. The number of benzene rings is 2. The molecule has 3 fully saturated rings. The molecule has 0 spiro atoms. The highest BCUT2D eigenvalue weighted by atomic mass is 16.6. The topological polar surface area (TPSA) is 124 Å². The van der Waals surface area contributed by atoms with E-state index in [2.05, 4.69) is 10.2 Å². The third-order valence-corrected chi connectivity index (χ3v) is 10.9. The van der Waals surface area contributed by atoms with Crippen LogP contribution in [0.4, 0.5) is 15.3 Å². The highest BCUT2D eigenvalue weighted by Crippen LogP contribution is 2.35. The number of carbonyl (C=O) groups is 3. The molecule has 2 N–H and O–H groups in total. The van der Waals surface area contributed by atoms with Crippen LogP contribution < -0.4 is 14.8 Å². The lowest BCUT2D eigenvalue weighted by atomic mass is 9.98. The number of piperidine rings is 3. The Bertz CT molecular complexity index is 1510. The molecule has 0 aromatic heterocycles. The number of ether oxygens (including phenoxy) is 3. The van der Waals surface area contributed by atoms with Crippen LogP contribution in [-0.2, 0) is 22.4 Å². The number of likely N-dealkylation sites (tertiary alicyclic amines) is 3. The predicted molar refractivity (Wildman–Crippen MR) is 183 cm³/mol. The van der Waals surface area contributed by atoms with Gasteiger partial charge in [0.15, 0.2) is 17.6 Å². The average Bonchev–Trinajstić information content (AvgIpc) is 3.29. The molecule has 5 aliphatic rings. The largest absolute Gasteiger partial charge is 0.486 e. The Hall–Kier alpha value is -4.03. The van der Waals surface area contributed by atoms with Gasteiger partial charge in [-0.05, 0) is 80.7 Å². The van der Waals surface area contributed by atoms with Crippen molar-refractivity contribution < 1.29 is 33.7 Å². The normalized spacial score (nSPS) is 21.8. The van der Waals surface area contributed by atoms with Gasteiger partial charge in [-0.1, -0.05) is 24.3 Å². The highest BCUT2D eigenvalue weighted by Gasteiger charge is 2.37. The molecule has 0 aliphatic carbocycles. The second kappa shape index (κ2) is 14.8. The van der Waals surface area contributed by atoms with E-state index in [-0.39, 0.29) is 30.5 Å². The summed E-state index contributed by atoms with van der Waals surface area (Å²) in [5.41, 5.74) is 3.75. The van der Waals surface area contributed by atoms with Gasteiger partial charge >= 0.3 is 12.1 Å². The maximum absolute atomic E-state index is 14.1. The molecule has 5 aliphatic heterocycles. The first-order valence-electron chi connectivity index (χ1n) is 18.0. The maximum Gasteiger partial charge on any atom is 0.410 e. The van der Waals surface area contributed by atoms with Gasteiger partial charge < -0.3 is 44.2 Å². The number of aryl methyl sites for hydroxylation is 1. The van der Waals surface area contributed by atoms with Crippen LogP contribution in [0.1, 0.15) is 55.2 Å². The number of hydrogen-bond donors (Lipinski definition) is 2. The molecule has 7 rings (SSSR count). The smallest absolute Gasteiger partial charge is 0.410 e. The number of nitrogens with one attached hydrogen (secondary N) is 1. The van der Waals surface area contributed by atoms with Crippen molar-refractivity contribution in [3.05, 3.63) is 53.1 Å². The van der Waals surface area contributed by atoms with Crippen LogP contribution in [0.5, 0.6) is 11.5 Å². The molecule has 0 saturated carbocycles. The number of hydrogen-bond acceptors (Lipinski definition) is 8. The van der Waals surface area contributed by atoms with Gasteiger partial charge in [0.05, 0.1) is 6.10 Å². The Morgan fingerprint density at radius 1 is 0.898 bits per heavy atom. The summed E-state index contributed by atoms with van der Waals surface area (Å²) < 4.78 is 17.8. The summed E-state index contributed by atoms with van der Waals surface area (Å²) in [5.74, 6) is 1.19. The van der Waals surface area contributed by atoms with Gasteiger partial charge in [0.25, 0.3) is 5.91 Å². The fourth-order valence-electron chi connectivity index (χ4n) is 8.11. The van der Waals surface area contributed by atoms with Gasteiger partial charge in [-0.25, -0.2) is 9.59 Å². The number of anilines is 1. The van der Waals surface area contributed by atoms with Crippen molar-refractivity contribution in [3.63, 3.8) is 0 Å². The SMILES string of the molecule is Cc1cc(C[C@@H](OC(=O)N2CCC(N3CCc4ccccc4NC3=O)CC2)C(=O)N2CCC(N3CCC(O)CC3)CC2)cc2c1OCCO2. The van der Waals surface area contributed by atoms with Crippen molar-refractivity contribution in [1.29, 1.82) is 0 Å². The Labute approximate surface area is 288 Å². The number of aliphatic hydroxyl groups is 1. The molecule has 4 amide bonds. The Morgan fingerprint density at radius 3 is 2.37 bits per heavy atom. The van der Waals surface area contributed by atoms with Crippen molar-refractivity contribution in [2.75, 3.05) is 64.3 Å². The van der Waals surface area contributed by atoms with Crippen LogP contribution in [0.2, 0.25) is 0 Å². The van der Waals surface area contributed by atoms with E-state index >= 15 is 0 Å². The van der Waals surface area contributed by atoms with Gasteiger partial charge in [-0.2, -0.15) is 0 Å². The number of aliphatic hydroxyl groups excluding tert-OH is 1. The zero-order valence-electron chi connectivity index (χ0n) is 28.5. The van der Waals surface area contributed by atoms with Gasteiger partial charge in [0.1, 0.15) is 13.2 Å². The van der Waals surface area contributed by atoms with E-state index < -0.39 is 12.2 Å². The first-order valence-corrected chi connectivity index (χ1v) is 18.0. The number of nitrogens with zero attached hydrogens (tertiary/aromatic N) is 4. The molecule has 0 unspecified atom stereocenters. The van der Waals surface area contributed by atoms with E-state index in [0.717, 1.165) is 67.6 Å². The molecule has 3 saturated heterocycles. The molecular formula is C37H49N5O7. The number of urea groups is 1. The number of amides is 4. The van der Waals surface area contributed by atoms with E-state index in [4.69, 9.17) is 14.2 Å². The summed E-state index contributed by atoms with van der Waals surface area (Å²) in [7, 11) is 0. The highest BCUT2D eigenvalue weighted by molar-refractivity contribution is 5.91. The molecule has 12 heteroatoms. The fourth-order valence-corrected chi connectivity index (χ4v) is 8.11. The van der Waals surface area contributed by atoms with E-state index in [1.54, 1.807) is 4.90 Å². The number of rotatable bonds is 6. The second-order valence-electron chi connectivity index (χ2n) is 14.1. The van der Waals surface area contributed by atoms with Crippen molar-refractivity contribution in [1.82, 2.24) is 19.6 Å². The van der Waals surface area contributed by atoms with E-state index in [1.807, 2.05) is 53.1 Å². The summed E-state index contributed by atoms with van der Waals surface area (Å²) in [5, 5.41) is 13.0. The van der Waals surface area contributed by atoms with Crippen LogP contribution in [0.3, 0.4) is 0 Å². The molecule has 2 aromatic rings. The third-order valence-electron chi connectivity index (χ3n) is 10.9. The van der Waals surface area contributed by atoms with Crippen LogP contribution in [-0.4, -0.2) is 126 Å². The van der Waals surface area contributed by atoms with Crippen LogP contribution in [0.25, 0.3) is 0 Å². The fraction of sp³-hybridized carbons (Fsp3) is 0.595. The van der Waals surface area contributed by atoms with E-state index in [0.29, 0.717) is 76.3 Å². The minimum Gasteiger partial charge on any atom is -0.486 e. The summed E-state index contributed by atoms with van der Waals surface area (Å²) in [6.45, 7) is 7.39. The number of para-hydroxylation sites is 1. The van der Waals surface area contributed by atoms with Crippen molar-refractivity contribution >= 4 is 23.7 Å². The lowest BCUT2D eigenvalue weighted by Crippen LogP contribution is -2.53. The standard InChI is InChI=1S/C37H49N5O7/c1-25-22-26(23-32-34(25)48-21-20-47-32)24-33(35(44)40-13-7-28(8-14-40)39-17-11-30(43)12-18-39)49-37(46)41-15-9-29(10-16-41)42-19-6-27-4-2-3-5-31(27)38-36(42)45/h2-5,22-23,28-30,33,43H,6-21,24H2,1H3,(H,38,45)/t33-/m1/s1. The summed E-state index contributed by atoms with van der Waals surface area (Å²) in [6.07, 6.45) is 3.89. The van der Waals surface area contributed by atoms with Crippen molar-refractivity contribution in [2.45, 2.75) is 82.6 Å². The monoisotopic (exact) mass is 675 g/mol. The Morgan fingerprint density at radius 2 is 1.59 bits per heavy atom. The maximum atomic E-state index is 14.1. The molecule has 0 radical (unpaired) electrons. The zero-order valence-corrected chi connectivity index (χ0v) is 28.5. The summed E-state index contributed by atoms with van der Waals surface area (Å²) in [6, 6.07) is 12.1. The van der Waals surface area contributed by atoms with Gasteiger partial charge in [0, 0.05) is 70.0 Å². The quantitative estimate of drug-likeness (QED) is 0.474. The first-order chi connectivity index (χ1) is 23.8. The van der Waals surface area contributed by atoms with Crippen LogP contribution >= 0.6 is 0 Å². The Kier molecular flexibility index (Phi) is 10.1. The van der Waals surface area contributed by atoms with Crippen molar-refractivity contribution in [2.24, 2.45) is 0 Å². The van der Waals surface area contributed by atoms with Gasteiger partial charge in [-0.15, -0.1) is 0 Å². The molecule has 5 heterocycles. The summed E-state index contributed by atoms with van der Waals surface area (Å²) in [4.78, 5) is 48.8. The van der Waals surface area contributed by atoms with Gasteiger partial charge in [-0.3, -0.25) is 4.79 Å². The number of carbonyl (C=O) groups excluding carboxylic acids is 3. The summed E-state index contributed by atoms with van der Waals surface area (Å²) >= 11 is 0. The predicted octanol–water partition coefficient (Wildman–Crippen LogP) is 3.82. The van der Waals surface area contributed by atoms with E-state index in [9.17, 15) is 19.5 Å². The molecule has 264 valence electrons. The minimum absolute atomic E-state index is 0.0148. The zero-order chi connectivity index (χ0) is 33.9. The molecular weight excluding hydrogens is 626 g/mol. The first kappa shape index (κ1) is 33.5. The van der Waals surface area contributed by atoms with Gasteiger partial charge in [0.2, 0.25) is 0 Å². The van der Waals surface area contributed by atoms with Crippen molar-refractivity contribution in [3.8, 4) is 11.5 Å². The van der Waals surface area contributed by atoms with Crippen LogP contribution in [0.15, 0.2) is 36.4 Å². The average molecular weight is 676 g/mol. The molecule has 1 atom stereocenters. The minimum atomic E-state index is -0.983. The lowest BCUT2D eigenvalue weighted by molar-refractivity contribution is -0.142. The Balaban J connectivity index is 0.998. The third kappa shape index (κ3) is 7.60. The second-order valence-corrected chi connectivity index (χ2v) is 14.1.